The third-order valence-corrected chi connectivity index (χ3v) is 6.60. The predicted molar refractivity (Wildman–Crippen MR) is 117 cm³/mol. The van der Waals surface area contributed by atoms with E-state index in [1.165, 1.54) is 27.7 Å². The van der Waals surface area contributed by atoms with Crippen molar-refractivity contribution in [3.63, 3.8) is 0 Å². The van der Waals surface area contributed by atoms with Crippen molar-refractivity contribution in [2.45, 2.75) is 38.4 Å². The maximum Gasteiger partial charge on any atom is 0.102 e. The van der Waals surface area contributed by atoms with Crippen molar-refractivity contribution in [3.8, 4) is 0 Å². The zero-order valence-electron chi connectivity index (χ0n) is 16.7. The molecular formula is C25H28N2O2. The van der Waals surface area contributed by atoms with Crippen molar-refractivity contribution in [1.82, 2.24) is 9.88 Å². The summed E-state index contributed by atoms with van der Waals surface area (Å²) < 4.78 is 0. The maximum absolute atomic E-state index is 10.7. The molecule has 5 rings (SSSR count). The number of rotatable bonds is 6. The quantitative estimate of drug-likeness (QED) is 0.555. The van der Waals surface area contributed by atoms with E-state index >= 15 is 0 Å². The Balaban J connectivity index is 1.17. The molecule has 0 saturated carbocycles. The number of aromatic amines is 1. The number of fused-ring (bicyclic) bond motifs is 3. The molecule has 0 fully saturated rings. The lowest BCUT2D eigenvalue weighted by Crippen LogP contribution is -2.32. The number of aliphatic hydroxyl groups excluding tert-OH is 2. The fourth-order valence-electron chi connectivity index (χ4n) is 5.06. The Kier molecular flexibility index (Phi) is 5.00. The van der Waals surface area contributed by atoms with Crippen LogP contribution in [0.25, 0.3) is 16.5 Å². The van der Waals surface area contributed by atoms with E-state index in [1.54, 1.807) is 0 Å². The van der Waals surface area contributed by atoms with Crippen LogP contribution in [0.4, 0.5) is 0 Å². The molecule has 2 aliphatic rings. The van der Waals surface area contributed by atoms with Crippen LogP contribution in [0.1, 0.15) is 47.6 Å². The second-order valence-electron chi connectivity index (χ2n) is 8.29. The molecular weight excluding hydrogens is 360 g/mol. The monoisotopic (exact) mass is 388 g/mol. The van der Waals surface area contributed by atoms with E-state index < -0.39 is 6.10 Å². The van der Waals surface area contributed by atoms with Crippen molar-refractivity contribution in [1.29, 1.82) is 0 Å². The lowest BCUT2D eigenvalue weighted by Gasteiger charge is -2.29. The van der Waals surface area contributed by atoms with E-state index in [9.17, 15) is 10.2 Å². The third kappa shape index (κ3) is 3.31. The van der Waals surface area contributed by atoms with Gasteiger partial charge in [-0.25, -0.2) is 0 Å². The van der Waals surface area contributed by atoms with Gasteiger partial charge >= 0.3 is 0 Å². The molecule has 29 heavy (non-hydrogen) atoms. The van der Waals surface area contributed by atoms with Crippen LogP contribution >= 0.6 is 0 Å². The smallest absolute Gasteiger partial charge is 0.102 e. The van der Waals surface area contributed by atoms with Crippen molar-refractivity contribution < 1.29 is 10.2 Å². The molecule has 1 aromatic heterocycles. The van der Waals surface area contributed by atoms with Crippen molar-refractivity contribution >= 4 is 16.5 Å². The molecule has 0 radical (unpaired) electrons. The van der Waals surface area contributed by atoms with Gasteiger partial charge in [0.25, 0.3) is 0 Å². The van der Waals surface area contributed by atoms with Crippen LogP contribution in [0.2, 0.25) is 0 Å². The minimum atomic E-state index is -0.420. The number of nitrogens with one attached hydrogen (secondary N) is 1. The Morgan fingerprint density at radius 3 is 2.83 bits per heavy atom. The molecule has 1 aliphatic carbocycles. The Morgan fingerprint density at radius 2 is 1.93 bits per heavy atom. The largest absolute Gasteiger partial charge is 0.392 e. The zero-order chi connectivity index (χ0) is 19.8. The summed E-state index contributed by atoms with van der Waals surface area (Å²) in [4.78, 5) is 5.83. The van der Waals surface area contributed by atoms with Crippen LogP contribution in [0.5, 0.6) is 0 Å². The molecule has 2 aromatic carbocycles. The van der Waals surface area contributed by atoms with Crippen LogP contribution in [-0.2, 0) is 13.0 Å². The van der Waals surface area contributed by atoms with E-state index in [0.29, 0.717) is 0 Å². The number of hydrogen-bond acceptors (Lipinski definition) is 3. The second kappa shape index (κ2) is 7.79. The second-order valence-corrected chi connectivity index (χ2v) is 8.29. The highest BCUT2D eigenvalue weighted by Gasteiger charge is 2.32. The van der Waals surface area contributed by atoms with Gasteiger partial charge in [-0.05, 0) is 60.1 Å². The SMILES string of the molecule is OCc1cccc2c(CCCCN3CCC4=C(C3)C(O)c3ccccc34)c[nH]c12. The molecule has 1 unspecified atom stereocenters. The van der Waals surface area contributed by atoms with Crippen molar-refractivity contribution in [3.05, 3.63) is 76.5 Å². The molecule has 0 bridgehead atoms. The number of para-hydroxylation sites is 1. The summed E-state index contributed by atoms with van der Waals surface area (Å²) in [5.74, 6) is 0. The number of benzene rings is 2. The Labute approximate surface area is 171 Å². The van der Waals surface area contributed by atoms with Gasteiger partial charge in [0.05, 0.1) is 12.1 Å². The Hall–Kier alpha value is -2.40. The fourth-order valence-corrected chi connectivity index (χ4v) is 5.06. The van der Waals surface area contributed by atoms with Crippen LogP contribution in [-0.4, -0.2) is 39.7 Å². The lowest BCUT2D eigenvalue weighted by atomic mass is 9.98. The summed E-state index contributed by atoms with van der Waals surface area (Å²) >= 11 is 0. The van der Waals surface area contributed by atoms with Gasteiger partial charge in [0.2, 0.25) is 0 Å². The molecule has 0 spiro atoms. The number of aryl methyl sites for hydroxylation is 1. The van der Waals surface area contributed by atoms with E-state index in [1.807, 2.05) is 18.2 Å². The topological polar surface area (TPSA) is 59.5 Å². The molecule has 0 saturated heterocycles. The number of unbranched alkanes of at least 4 members (excludes halogenated alkanes) is 1. The molecule has 4 nitrogen and oxygen atoms in total. The van der Waals surface area contributed by atoms with Gasteiger partial charge in [0.1, 0.15) is 6.10 Å². The van der Waals surface area contributed by atoms with Crippen molar-refractivity contribution in [2.24, 2.45) is 0 Å². The molecule has 1 aliphatic heterocycles. The highest BCUT2D eigenvalue weighted by molar-refractivity contribution is 5.86. The first-order chi connectivity index (χ1) is 14.3. The summed E-state index contributed by atoms with van der Waals surface area (Å²) in [6.07, 6.45) is 6.05. The molecule has 3 N–H and O–H groups in total. The van der Waals surface area contributed by atoms with Crippen LogP contribution < -0.4 is 0 Å². The van der Waals surface area contributed by atoms with Crippen LogP contribution in [0.3, 0.4) is 0 Å². The van der Waals surface area contributed by atoms with Gasteiger partial charge in [-0.3, -0.25) is 4.90 Å². The van der Waals surface area contributed by atoms with Crippen LogP contribution in [0, 0.1) is 0 Å². The maximum atomic E-state index is 10.7. The number of aromatic nitrogens is 1. The minimum Gasteiger partial charge on any atom is -0.392 e. The number of aliphatic hydroxyl groups is 2. The van der Waals surface area contributed by atoms with Crippen molar-refractivity contribution in [2.75, 3.05) is 19.6 Å². The average molecular weight is 389 g/mol. The summed E-state index contributed by atoms with van der Waals surface area (Å²) in [6.45, 7) is 3.11. The van der Waals surface area contributed by atoms with E-state index in [-0.39, 0.29) is 6.61 Å². The molecule has 2 heterocycles. The highest BCUT2D eigenvalue weighted by Crippen LogP contribution is 2.44. The van der Waals surface area contributed by atoms with Gasteiger partial charge in [-0.15, -0.1) is 0 Å². The Bertz CT molecular complexity index is 1070. The minimum absolute atomic E-state index is 0.0693. The Morgan fingerprint density at radius 1 is 1.03 bits per heavy atom. The molecule has 1 atom stereocenters. The van der Waals surface area contributed by atoms with E-state index in [4.69, 9.17) is 0 Å². The van der Waals surface area contributed by atoms with E-state index in [2.05, 4.69) is 40.3 Å². The van der Waals surface area contributed by atoms with Crippen LogP contribution in [0.15, 0.2) is 54.2 Å². The number of hydrogen-bond donors (Lipinski definition) is 3. The molecule has 4 heteroatoms. The van der Waals surface area contributed by atoms with Gasteiger partial charge in [-0.2, -0.15) is 0 Å². The number of nitrogens with zero attached hydrogens (tertiary/aromatic N) is 1. The van der Waals surface area contributed by atoms with E-state index in [0.717, 1.165) is 62.0 Å². The summed E-state index contributed by atoms with van der Waals surface area (Å²) in [7, 11) is 0. The molecule has 3 aromatic rings. The lowest BCUT2D eigenvalue weighted by molar-refractivity contribution is 0.193. The third-order valence-electron chi connectivity index (χ3n) is 6.60. The highest BCUT2D eigenvalue weighted by atomic mass is 16.3. The summed E-state index contributed by atoms with van der Waals surface area (Å²) in [6, 6.07) is 14.4. The first kappa shape index (κ1) is 18.6. The first-order valence-corrected chi connectivity index (χ1v) is 10.7. The average Bonchev–Trinajstić information content (AvgIpc) is 3.31. The summed E-state index contributed by atoms with van der Waals surface area (Å²) in [5.41, 5.74) is 8.30. The summed E-state index contributed by atoms with van der Waals surface area (Å²) in [5, 5.41) is 21.5. The van der Waals surface area contributed by atoms with Gasteiger partial charge in [0.15, 0.2) is 0 Å². The van der Waals surface area contributed by atoms with Gasteiger partial charge in [-0.1, -0.05) is 42.5 Å². The molecule has 150 valence electrons. The van der Waals surface area contributed by atoms with Gasteiger partial charge < -0.3 is 15.2 Å². The predicted octanol–water partition coefficient (Wildman–Crippen LogP) is 4.19. The van der Waals surface area contributed by atoms with Gasteiger partial charge in [0, 0.05) is 30.2 Å². The standard InChI is InChI=1S/C25H28N2O2/c28-16-18-7-5-10-19-17(14-26-24(18)19)6-3-4-12-27-13-11-21-20-8-1-2-9-22(20)25(29)23(21)15-27/h1-2,5,7-10,14,25-26,28-29H,3-4,6,11-13,15-16H2. The normalized spacial score (nSPS) is 19.0. The zero-order valence-corrected chi connectivity index (χ0v) is 16.7. The fraction of sp³-hybridized carbons (Fsp3) is 0.360. The number of H-pyrrole nitrogens is 1. The first-order valence-electron chi connectivity index (χ1n) is 10.7. The molecule has 0 amide bonds.